The Morgan fingerprint density at radius 1 is 1.21 bits per heavy atom. The van der Waals surface area contributed by atoms with Crippen molar-refractivity contribution in [2.75, 3.05) is 20.4 Å². The van der Waals surface area contributed by atoms with Crippen LogP contribution in [0.5, 0.6) is 5.75 Å². The molecule has 0 aliphatic heterocycles. The zero-order valence-corrected chi connectivity index (χ0v) is 20.1. The summed E-state index contributed by atoms with van der Waals surface area (Å²) in [6, 6.07) is 7.27. The maximum absolute atomic E-state index is 13.0. The molecular weight excluding hydrogens is 486 g/mol. The van der Waals surface area contributed by atoms with E-state index in [-0.39, 0.29) is 44.2 Å². The first-order chi connectivity index (χ1) is 15.8. The Morgan fingerprint density at radius 3 is 2.47 bits per heavy atom. The summed E-state index contributed by atoms with van der Waals surface area (Å²) in [6.07, 6.45) is -0.0295. The van der Waals surface area contributed by atoms with E-state index in [1.807, 2.05) is 0 Å². The molecule has 0 bridgehead atoms. The minimum Gasteiger partial charge on any atom is -0.422 e. The van der Waals surface area contributed by atoms with Gasteiger partial charge in [-0.2, -0.15) is 0 Å². The lowest BCUT2D eigenvalue weighted by Gasteiger charge is -2.18. The van der Waals surface area contributed by atoms with E-state index in [0.29, 0.717) is 5.56 Å². The first-order valence-electron chi connectivity index (χ1n) is 9.81. The summed E-state index contributed by atoms with van der Waals surface area (Å²) in [7, 11) is -0.573. The Bertz CT molecular complexity index is 1470. The van der Waals surface area contributed by atoms with E-state index in [0.717, 1.165) is 6.26 Å². The quantitative estimate of drug-likeness (QED) is 0.478. The SMILES string of the molecule is CN(C)C(=O)Oc1cc2oc(=O)c(C(N)c3cccc(S(C)(=O)=O)c3)c(CC(N)=O)c2cc1Cl. The van der Waals surface area contributed by atoms with Crippen molar-refractivity contribution in [2.45, 2.75) is 17.4 Å². The van der Waals surface area contributed by atoms with Crippen LogP contribution in [0.4, 0.5) is 4.79 Å². The molecule has 0 aliphatic rings. The van der Waals surface area contributed by atoms with Crippen LogP contribution in [0, 0.1) is 0 Å². The van der Waals surface area contributed by atoms with E-state index in [1.54, 1.807) is 6.07 Å². The third-order valence-electron chi connectivity index (χ3n) is 4.98. The average molecular weight is 508 g/mol. The number of carbonyl (C=O) groups is 2. The predicted molar refractivity (Wildman–Crippen MR) is 126 cm³/mol. The first-order valence-corrected chi connectivity index (χ1v) is 12.1. The summed E-state index contributed by atoms with van der Waals surface area (Å²) in [4.78, 5) is 38.0. The first kappa shape index (κ1) is 25.2. The molecule has 12 heteroatoms. The highest BCUT2D eigenvalue weighted by atomic mass is 35.5. The lowest BCUT2D eigenvalue weighted by Crippen LogP contribution is -2.26. The zero-order chi connectivity index (χ0) is 25.4. The molecule has 0 fully saturated rings. The van der Waals surface area contributed by atoms with Gasteiger partial charge in [-0.15, -0.1) is 0 Å². The molecular formula is C22H22ClN3O7S. The van der Waals surface area contributed by atoms with Crippen molar-refractivity contribution in [2.24, 2.45) is 11.5 Å². The topological polar surface area (TPSA) is 163 Å². The van der Waals surface area contributed by atoms with Crippen molar-refractivity contribution in [3.63, 3.8) is 0 Å². The molecule has 0 aliphatic carbocycles. The van der Waals surface area contributed by atoms with Crippen molar-refractivity contribution in [3.05, 3.63) is 68.5 Å². The predicted octanol–water partition coefficient (Wildman–Crippen LogP) is 1.99. The molecule has 2 amide bonds. The van der Waals surface area contributed by atoms with Gasteiger partial charge < -0.3 is 25.5 Å². The molecule has 0 spiro atoms. The van der Waals surface area contributed by atoms with Gasteiger partial charge in [0.15, 0.2) is 15.6 Å². The molecule has 10 nitrogen and oxygen atoms in total. The third kappa shape index (κ3) is 5.22. The highest BCUT2D eigenvalue weighted by Crippen LogP contribution is 2.34. The number of nitrogens with two attached hydrogens (primary N) is 2. The molecule has 3 rings (SSSR count). The zero-order valence-electron chi connectivity index (χ0n) is 18.5. The molecule has 0 saturated heterocycles. The van der Waals surface area contributed by atoms with Crippen LogP contribution in [0.1, 0.15) is 22.7 Å². The number of carbonyl (C=O) groups excluding carboxylic acids is 2. The van der Waals surface area contributed by atoms with Crippen molar-refractivity contribution < 1.29 is 27.2 Å². The third-order valence-corrected chi connectivity index (χ3v) is 6.38. The molecule has 180 valence electrons. The van der Waals surface area contributed by atoms with Crippen molar-refractivity contribution in [1.82, 2.24) is 4.90 Å². The number of hydrogen-bond acceptors (Lipinski definition) is 8. The van der Waals surface area contributed by atoms with Crippen LogP contribution in [0.2, 0.25) is 5.02 Å². The number of rotatable bonds is 6. The number of benzene rings is 2. The number of nitrogens with zero attached hydrogens (tertiary/aromatic N) is 1. The normalized spacial score (nSPS) is 12.4. The summed E-state index contributed by atoms with van der Waals surface area (Å²) in [5.41, 5.74) is 11.3. The van der Waals surface area contributed by atoms with Crippen LogP contribution in [-0.4, -0.2) is 45.7 Å². The molecule has 1 unspecified atom stereocenters. The number of halogens is 1. The van der Waals surface area contributed by atoms with Crippen LogP contribution in [-0.2, 0) is 21.1 Å². The standard InChI is InChI=1S/C22H22ClN3O7S/c1-26(2)22(29)33-17-10-16-13(8-15(17)23)14(9-18(24)27)19(21(28)32-16)20(25)11-5-4-6-12(7-11)34(3,30)31/h4-8,10,20H,9,25H2,1-3H3,(H2,24,27). The average Bonchev–Trinajstić information content (AvgIpc) is 2.73. The number of hydrogen-bond donors (Lipinski definition) is 2. The Labute approximate surface area is 199 Å². The molecule has 34 heavy (non-hydrogen) atoms. The Hall–Kier alpha value is -3.41. The summed E-state index contributed by atoms with van der Waals surface area (Å²) >= 11 is 6.29. The summed E-state index contributed by atoms with van der Waals surface area (Å²) < 4.78 is 34.5. The van der Waals surface area contributed by atoms with E-state index in [9.17, 15) is 22.8 Å². The van der Waals surface area contributed by atoms with Gasteiger partial charge in [0.05, 0.1) is 27.9 Å². The minimum atomic E-state index is -3.54. The molecule has 1 atom stereocenters. The maximum Gasteiger partial charge on any atom is 0.414 e. The maximum atomic E-state index is 13.0. The van der Waals surface area contributed by atoms with Gasteiger partial charge in [0.2, 0.25) is 5.91 Å². The fourth-order valence-electron chi connectivity index (χ4n) is 3.33. The summed E-state index contributed by atoms with van der Waals surface area (Å²) in [6.45, 7) is 0. The Balaban J connectivity index is 2.24. The molecule has 3 aromatic rings. The lowest BCUT2D eigenvalue weighted by atomic mass is 9.92. The molecule has 1 heterocycles. The van der Waals surface area contributed by atoms with E-state index in [4.69, 9.17) is 32.2 Å². The number of fused-ring (bicyclic) bond motifs is 1. The second-order valence-corrected chi connectivity index (χ2v) is 10.2. The highest BCUT2D eigenvalue weighted by molar-refractivity contribution is 7.90. The second kappa shape index (κ2) is 9.45. The molecule has 1 aromatic heterocycles. The number of primary amides is 1. The van der Waals surface area contributed by atoms with Gasteiger partial charge in [0.25, 0.3) is 0 Å². The molecule has 0 radical (unpaired) electrons. The lowest BCUT2D eigenvalue weighted by molar-refractivity contribution is -0.117. The largest absolute Gasteiger partial charge is 0.422 e. The molecule has 4 N–H and O–H groups in total. The monoisotopic (exact) mass is 507 g/mol. The van der Waals surface area contributed by atoms with E-state index >= 15 is 0 Å². The van der Waals surface area contributed by atoms with Crippen LogP contribution < -0.4 is 21.8 Å². The number of sulfone groups is 1. The van der Waals surface area contributed by atoms with Crippen LogP contribution in [0.3, 0.4) is 0 Å². The highest BCUT2D eigenvalue weighted by Gasteiger charge is 2.25. The molecule has 0 saturated carbocycles. The van der Waals surface area contributed by atoms with Crippen LogP contribution in [0.15, 0.2) is 50.5 Å². The van der Waals surface area contributed by atoms with E-state index in [2.05, 4.69) is 0 Å². The van der Waals surface area contributed by atoms with Gasteiger partial charge in [-0.05, 0) is 29.3 Å². The van der Waals surface area contributed by atoms with Gasteiger partial charge in [0, 0.05) is 31.8 Å². The molecule has 2 aromatic carbocycles. The Morgan fingerprint density at radius 2 is 1.88 bits per heavy atom. The fraction of sp³-hybridized carbons (Fsp3) is 0.227. The van der Waals surface area contributed by atoms with Crippen molar-refractivity contribution >= 4 is 44.4 Å². The number of ether oxygens (including phenoxy) is 1. The van der Waals surface area contributed by atoms with Gasteiger partial charge in [-0.3, -0.25) is 4.79 Å². The van der Waals surface area contributed by atoms with Gasteiger partial charge >= 0.3 is 11.7 Å². The Kier molecular flexibility index (Phi) is 7.01. The van der Waals surface area contributed by atoms with E-state index < -0.39 is 33.5 Å². The smallest absolute Gasteiger partial charge is 0.414 e. The van der Waals surface area contributed by atoms with Gasteiger partial charge in [-0.25, -0.2) is 18.0 Å². The van der Waals surface area contributed by atoms with E-state index in [1.165, 1.54) is 49.3 Å². The summed E-state index contributed by atoms with van der Waals surface area (Å²) in [5, 5.41) is 0.277. The van der Waals surface area contributed by atoms with Crippen LogP contribution in [0.25, 0.3) is 11.0 Å². The van der Waals surface area contributed by atoms with Crippen LogP contribution >= 0.6 is 11.6 Å². The van der Waals surface area contributed by atoms with Gasteiger partial charge in [0.1, 0.15) is 5.58 Å². The summed E-state index contributed by atoms with van der Waals surface area (Å²) in [5.74, 6) is -0.802. The number of amides is 2. The van der Waals surface area contributed by atoms with Crippen molar-refractivity contribution in [3.8, 4) is 5.75 Å². The van der Waals surface area contributed by atoms with Gasteiger partial charge in [-0.1, -0.05) is 23.7 Å². The van der Waals surface area contributed by atoms with Crippen molar-refractivity contribution in [1.29, 1.82) is 0 Å². The second-order valence-electron chi connectivity index (χ2n) is 7.79. The minimum absolute atomic E-state index is 0.00644. The fourth-order valence-corrected chi connectivity index (χ4v) is 4.20.